The summed E-state index contributed by atoms with van der Waals surface area (Å²) in [6.07, 6.45) is 1.23. The van der Waals surface area contributed by atoms with Gasteiger partial charge in [0.15, 0.2) is 34.5 Å². The molecule has 0 spiro atoms. The van der Waals surface area contributed by atoms with Crippen molar-refractivity contribution < 1.29 is 61.8 Å². The molecule has 0 amide bonds. The molecular formula is C70H48O13. The van der Waals surface area contributed by atoms with E-state index >= 15 is 9.59 Å². The van der Waals surface area contributed by atoms with E-state index in [2.05, 4.69) is 0 Å². The molecule has 13 heteroatoms. The van der Waals surface area contributed by atoms with E-state index in [0.717, 1.165) is 18.4 Å². The molecule has 10 aromatic carbocycles. The van der Waals surface area contributed by atoms with E-state index in [1.165, 1.54) is 36.4 Å². The van der Waals surface area contributed by atoms with E-state index in [-0.39, 0.29) is 81.1 Å². The highest BCUT2D eigenvalue weighted by atomic mass is 16.8. The van der Waals surface area contributed by atoms with Crippen molar-refractivity contribution in [3.63, 3.8) is 0 Å². The number of benzene rings is 10. The van der Waals surface area contributed by atoms with E-state index in [9.17, 15) is 4.79 Å². The van der Waals surface area contributed by atoms with E-state index in [1.807, 2.05) is 212 Å². The Hall–Kier alpha value is -10.8. The topological polar surface area (TPSA) is 144 Å². The van der Waals surface area contributed by atoms with Gasteiger partial charge in [0.05, 0.1) is 16.7 Å². The number of fused-ring (bicyclic) bond motifs is 3. The van der Waals surface area contributed by atoms with Crippen molar-refractivity contribution in [1.29, 1.82) is 0 Å². The minimum Gasteiger partial charge on any atom is -0.485 e. The number of esters is 3. The Bertz CT molecular complexity index is 3950. The quantitative estimate of drug-likeness (QED) is 0.0710. The molecule has 406 valence electrons. The van der Waals surface area contributed by atoms with Crippen molar-refractivity contribution in [2.75, 3.05) is 0 Å². The Morgan fingerprint density at radius 3 is 0.964 bits per heavy atom. The molecule has 4 aliphatic rings. The Balaban J connectivity index is 0.870. The van der Waals surface area contributed by atoms with Crippen LogP contribution in [0.4, 0.5) is 0 Å². The van der Waals surface area contributed by atoms with Crippen LogP contribution in [0.5, 0.6) is 51.7 Å². The SMILES string of the molecule is O=C(Oc1cc(C(=O)Oc2cc(C(=O)OC3CC3)cc3c2OC(c2ccccc2)(c2ccccc2)O3)cc2c1OC(c1ccccc1)(c1ccccc1)O2)c1cc(OCc2ccccc2)c2c(c1)OC(c1ccccc1)(c1ccccc1)O2. The first kappa shape index (κ1) is 50.4. The van der Waals surface area contributed by atoms with E-state index < -0.39 is 35.3 Å². The summed E-state index contributed by atoms with van der Waals surface area (Å²) in [5, 5.41) is 0. The standard InChI is InChI=1S/C70H48O13/c71-65(75-55-36-37-55)47-39-57(63-60(42-47)79-69(82-63,51-28-14-4-15-29-51)52-30-16-5-17-31-52)77-67(73)48-40-58(64-61(43-48)80-70(83-64,53-32-18-6-19-33-53)54-34-20-7-21-35-54)76-66(72)46-38-56(74-44-45-22-8-1-9-23-45)62-59(41-46)78-68(81-62,49-24-10-2-11-25-49)50-26-12-3-13-27-50/h1-35,38-43,55H,36-37,44H2. The second kappa shape index (κ2) is 20.7. The fraction of sp³-hybridized carbons (Fsp3) is 0.100. The van der Waals surface area contributed by atoms with Crippen LogP contribution in [0, 0.1) is 0 Å². The van der Waals surface area contributed by atoms with Crippen LogP contribution >= 0.6 is 0 Å². The molecule has 1 aliphatic carbocycles. The van der Waals surface area contributed by atoms with Crippen LogP contribution in [0.15, 0.2) is 249 Å². The molecule has 3 aliphatic heterocycles. The summed E-state index contributed by atoms with van der Waals surface area (Å²) in [6.45, 7) is 0.118. The van der Waals surface area contributed by atoms with Gasteiger partial charge in [-0.25, -0.2) is 14.4 Å². The molecule has 0 saturated heterocycles. The van der Waals surface area contributed by atoms with Crippen LogP contribution in [-0.4, -0.2) is 24.0 Å². The smallest absolute Gasteiger partial charge is 0.343 e. The molecule has 13 nitrogen and oxygen atoms in total. The molecule has 1 saturated carbocycles. The molecular weight excluding hydrogens is 1050 g/mol. The highest BCUT2D eigenvalue weighted by Gasteiger charge is 2.51. The van der Waals surface area contributed by atoms with Crippen molar-refractivity contribution >= 4 is 17.9 Å². The van der Waals surface area contributed by atoms with Crippen molar-refractivity contribution in [1.82, 2.24) is 0 Å². The number of hydrogen-bond acceptors (Lipinski definition) is 13. The normalized spacial score (nSPS) is 15.2. The molecule has 0 unspecified atom stereocenters. The van der Waals surface area contributed by atoms with E-state index in [0.29, 0.717) is 33.4 Å². The maximum Gasteiger partial charge on any atom is 0.343 e. The van der Waals surface area contributed by atoms with Gasteiger partial charge >= 0.3 is 35.3 Å². The molecule has 0 aromatic heterocycles. The van der Waals surface area contributed by atoms with Gasteiger partial charge in [-0.15, -0.1) is 0 Å². The van der Waals surface area contributed by atoms with Crippen molar-refractivity contribution in [3.05, 3.63) is 304 Å². The number of rotatable bonds is 15. The summed E-state index contributed by atoms with van der Waals surface area (Å²) < 4.78 is 66.3. The first-order valence-electron chi connectivity index (χ1n) is 27.1. The zero-order valence-corrected chi connectivity index (χ0v) is 44.2. The van der Waals surface area contributed by atoms with Gasteiger partial charge < -0.3 is 47.4 Å². The molecule has 0 radical (unpaired) electrons. The molecule has 10 aromatic rings. The van der Waals surface area contributed by atoms with Gasteiger partial charge in [-0.05, 0) is 54.8 Å². The van der Waals surface area contributed by atoms with Crippen LogP contribution in [0.3, 0.4) is 0 Å². The van der Waals surface area contributed by atoms with E-state index in [1.54, 1.807) is 0 Å². The highest BCUT2D eigenvalue weighted by Crippen LogP contribution is 2.57. The maximum atomic E-state index is 15.2. The lowest BCUT2D eigenvalue weighted by Gasteiger charge is -2.28. The van der Waals surface area contributed by atoms with Gasteiger partial charge in [-0.2, -0.15) is 0 Å². The average molecular weight is 1100 g/mol. The summed E-state index contributed by atoms with van der Waals surface area (Å²) in [4.78, 5) is 44.1. The van der Waals surface area contributed by atoms with Gasteiger partial charge in [0.25, 0.3) is 0 Å². The molecule has 14 rings (SSSR count). The first-order valence-corrected chi connectivity index (χ1v) is 27.1. The fourth-order valence-corrected chi connectivity index (χ4v) is 10.4. The zero-order valence-electron chi connectivity index (χ0n) is 44.2. The third-order valence-corrected chi connectivity index (χ3v) is 14.6. The minimum atomic E-state index is -1.63. The third kappa shape index (κ3) is 9.33. The highest BCUT2D eigenvalue weighted by molar-refractivity contribution is 5.97. The van der Waals surface area contributed by atoms with Crippen molar-refractivity contribution in [2.45, 2.75) is 42.9 Å². The van der Waals surface area contributed by atoms with E-state index in [4.69, 9.17) is 47.4 Å². The number of carbonyl (C=O) groups is 3. The predicted molar refractivity (Wildman–Crippen MR) is 303 cm³/mol. The van der Waals surface area contributed by atoms with Crippen molar-refractivity contribution in [3.8, 4) is 51.7 Å². The lowest BCUT2D eigenvalue weighted by molar-refractivity contribution is -0.0471. The monoisotopic (exact) mass is 1100 g/mol. The molecule has 83 heavy (non-hydrogen) atoms. The largest absolute Gasteiger partial charge is 0.485 e. The van der Waals surface area contributed by atoms with Crippen LogP contribution in [0.2, 0.25) is 0 Å². The van der Waals surface area contributed by atoms with Gasteiger partial charge in [0.2, 0.25) is 17.2 Å². The Morgan fingerprint density at radius 1 is 0.349 bits per heavy atom. The summed E-state index contributed by atoms with van der Waals surface area (Å²) >= 11 is 0. The third-order valence-electron chi connectivity index (χ3n) is 14.6. The second-order valence-electron chi connectivity index (χ2n) is 20.2. The second-order valence-corrected chi connectivity index (χ2v) is 20.2. The Kier molecular flexibility index (Phi) is 12.6. The first-order chi connectivity index (χ1) is 40.7. The minimum absolute atomic E-state index is 0.00767. The molecule has 3 heterocycles. The van der Waals surface area contributed by atoms with Crippen LogP contribution in [0.25, 0.3) is 0 Å². The molecule has 0 N–H and O–H groups in total. The lowest BCUT2D eigenvalue weighted by atomic mass is 9.97. The maximum absolute atomic E-state index is 15.2. The molecule has 0 atom stereocenters. The zero-order chi connectivity index (χ0) is 56.0. The number of ether oxygens (including phenoxy) is 10. The lowest BCUT2D eigenvalue weighted by Crippen LogP contribution is -2.36. The van der Waals surface area contributed by atoms with Gasteiger partial charge in [-0.3, -0.25) is 0 Å². The summed E-state index contributed by atoms with van der Waals surface area (Å²) in [5.41, 5.74) is 4.66. The van der Waals surface area contributed by atoms with Crippen LogP contribution in [-0.2, 0) is 28.7 Å². The molecule has 0 bridgehead atoms. The molecule has 1 fully saturated rings. The fourth-order valence-electron chi connectivity index (χ4n) is 10.4. The summed E-state index contributed by atoms with van der Waals surface area (Å²) in [6, 6.07) is 74.5. The summed E-state index contributed by atoms with van der Waals surface area (Å²) in [7, 11) is 0. The van der Waals surface area contributed by atoms with Gasteiger partial charge in [-0.1, -0.05) is 212 Å². The average Bonchev–Trinajstić information content (AvgIpc) is 2.75. The van der Waals surface area contributed by atoms with Gasteiger partial charge in [0, 0.05) is 33.4 Å². The summed E-state index contributed by atoms with van der Waals surface area (Å²) in [5.74, 6) is -6.58. The number of hydrogen-bond donors (Lipinski definition) is 0. The van der Waals surface area contributed by atoms with Crippen LogP contribution in [0.1, 0.15) is 82.9 Å². The van der Waals surface area contributed by atoms with Crippen LogP contribution < -0.4 is 42.6 Å². The van der Waals surface area contributed by atoms with Gasteiger partial charge in [0.1, 0.15) is 12.7 Å². The number of carbonyl (C=O) groups excluding carboxylic acids is 3. The Labute approximate surface area is 476 Å². The Morgan fingerprint density at radius 2 is 0.639 bits per heavy atom. The van der Waals surface area contributed by atoms with Crippen molar-refractivity contribution in [2.24, 2.45) is 0 Å². The predicted octanol–water partition coefficient (Wildman–Crippen LogP) is 14.0.